The Balaban J connectivity index is 2.63. The van der Waals surface area contributed by atoms with Crippen LogP contribution in [0.3, 0.4) is 0 Å². The van der Waals surface area contributed by atoms with Gasteiger partial charge >= 0.3 is 5.97 Å². The summed E-state index contributed by atoms with van der Waals surface area (Å²) in [6, 6.07) is 10.9. The third kappa shape index (κ3) is 3.80. The molecule has 2 rings (SSSR count). The van der Waals surface area contributed by atoms with Crippen LogP contribution in [0, 0.1) is 0 Å². The molecule has 2 aromatic rings. The molecule has 1 unspecified atom stereocenters. The van der Waals surface area contributed by atoms with Crippen molar-refractivity contribution in [3.05, 3.63) is 48.2 Å². The lowest BCUT2D eigenvalue weighted by Crippen LogP contribution is -2.25. The van der Waals surface area contributed by atoms with Crippen molar-refractivity contribution in [2.75, 3.05) is 6.26 Å². The zero-order valence-corrected chi connectivity index (χ0v) is 13.9. The largest absolute Gasteiger partial charge is 0.456 e. The smallest absolute Gasteiger partial charge is 0.342 e. The van der Waals surface area contributed by atoms with Crippen molar-refractivity contribution in [3.8, 4) is 11.3 Å². The van der Waals surface area contributed by atoms with Gasteiger partial charge in [0.2, 0.25) is 0 Å². The third-order valence-corrected chi connectivity index (χ3v) is 3.83. The number of benzene rings is 1. The minimum Gasteiger partial charge on any atom is -0.456 e. The molecule has 5 heteroatoms. The first-order chi connectivity index (χ1) is 10.3. The topological polar surface area (TPSA) is 56.3 Å². The van der Waals surface area contributed by atoms with Gasteiger partial charge in [-0.25, -0.2) is 4.79 Å². The first-order valence-electron chi connectivity index (χ1n) is 6.91. The summed E-state index contributed by atoms with van der Waals surface area (Å²) in [6.07, 6.45) is 3.10. The van der Waals surface area contributed by atoms with E-state index in [1.165, 1.54) is 6.26 Å². The maximum atomic E-state index is 12.6. The molecule has 0 saturated heterocycles. The summed E-state index contributed by atoms with van der Waals surface area (Å²) < 4.78 is 17.5. The van der Waals surface area contributed by atoms with Gasteiger partial charge in [0.15, 0.2) is 0 Å². The van der Waals surface area contributed by atoms with E-state index in [9.17, 15) is 9.00 Å². The summed E-state index contributed by atoms with van der Waals surface area (Å²) in [5.74, 6) is -0.510. The summed E-state index contributed by atoms with van der Waals surface area (Å²) in [6.45, 7) is 5.39. The van der Waals surface area contributed by atoms with Crippen molar-refractivity contribution in [1.29, 1.82) is 0 Å². The van der Waals surface area contributed by atoms with Crippen molar-refractivity contribution in [3.63, 3.8) is 0 Å². The standard InChI is InChI=1S/C17H19NO3S/c1-17(2,3)21-16(19)14-13(22(4)20)10-11-18-15(14)12-8-6-5-7-9-12/h5-11H,1-4H3. The van der Waals surface area contributed by atoms with E-state index in [4.69, 9.17) is 4.74 Å². The van der Waals surface area contributed by atoms with Gasteiger partial charge < -0.3 is 4.74 Å². The van der Waals surface area contributed by atoms with E-state index in [0.717, 1.165) is 5.56 Å². The summed E-state index contributed by atoms with van der Waals surface area (Å²) >= 11 is 0. The highest BCUT2D eigenvalue weighted by Crippen LogP contribution is 2.27. The van der Waals surface area contributed by atoms with Gasteiger partial charge in [-0.1, -0.05) is 30.3 Å². The molecular formula is C17H19NO3S. The molecule has 0 amide bonds. The maximum Gasteiger partial charge on any atom is 0.342 e. The van der Waals surface area contributed by atoms with Gasteiger partial charge in [-0.2, -0.15) is 0 Å². The summed E-state index contributed by atoms with van der Waals surface area (Å²) in [5.41, 5.74) is 0.913. The SMILES string of the molecule is CS(=O)c1ccnc(-c2ccccc2)c1C(=O)OC(C)(C)C. The second kappa shape index (κ2) is 6.40. The van der Waals surface area contributed by atoms with Crippen molar-refractivity contribution >= 4 is 16.8 Å². The van der Waals surface area contributed by atoms with Crippen molar-refractivity contribution in [2.24, 2.45) is 0 Å². The number of hydrogen-bond acceptors (Lipinski definition) is 4. The van der Waals surface area contributed by atoms with Gasteiger partial charge in [-0.3, -0.25) is 9.19 Å². The fraction of sp³-hybridized carbons (Fsp3) is 0.294. The van der Waals surface area contributed by atoms with Crippen LogP contribution in [0.25, 0.3) is 11.3 Å². The van der Waals surface area contributed by atoms with Gasteiger partial charge in [0, 0.05) is 18.0 Å². The summed E-state index contributed by atoms with van der Waals surface area (Å²) in [7, 11) is -1.31. The highest BCUT2D eigenvalue weighted by molar-refractivity contribution is 7.84. The number of rotatable bonds is 3. The number of carbonyl (C=O) groups excluding carboxylic acids is 1. The van der Waals surface area contributed by atoms with Crippen molar-refractivity contribution < 1.29 is 13.7 Å². The van der Waals surface area contributed by atoms with Crippen LogP contribution in [0.2, 0.25) is 0 Å². The average Bonchev–Trinajstić information content (AvgIpc) is 2.45. The summed E-state index contributed by atoms with van der Waals surface area (Å²) in [4.78, 5) is 17.3. The molecule has 0 aliphatic rings. The van der Waals surface area contributed by atoms with E-state index in [-0.39, 0.29) is 5.56 Å². The average molecular weight is 317 g/mol. The second-order valence-corrected chi connectivity index (χ2v) is 7.20. The quantitative estimate of drug-likeness (QED) is 0.814. The van der Waals surface area contributed by atoms with Gasteiger partial charge in [-0.15, -0.1) is 0 Å². The first-order valence-corrected chi connectivity index (χ1v) is 8.46. The number of carbonyl (C=O) groups is 1. The van der Waals surface area contributed by atoms with Crippen LogP contribution in [0.5, 0.6) is 0 Å². The Morgan fingerprint density at radius 3 is 2.32 bits per heavy atom. The van der Waals surface area contributed by atoms with E-state index in [2.05, 4.69) is 4.98 Å². The molecule has 1 aromatic carbocycles. The van der Waals surface area contributed by atoms with Gasteiger partial charge in [0.25, 0.3) is 0 Å². The minimum absolute atomic E-state index is 0.268. The van der Waals surface area contributed by atoms with Gasteiger partial charge in [0.1, 0.15) is 11.2 Å². The Hall–Kier alpha value is -2.01. The highest BCUT2D eigenvalue weighted by Gasteiger charge is 2.25. The molecule has 0 saturated carbocycles. The third-order valence-electron chi connectivity index (χ3n) is 2.87. The molecule has 0 N–H and O–H groups in total. The predicted molar refractivity (Wildman–Crippen MR) is 87.2 cm³/mol. The van der Waals surface area contributed by atoms with Crippen LogP contribution in [0.4, 0.5) is 0 Å². The molecule has 0 aliphatic carbocycles. The van der Waals surface area contributed by atoms with Crippen LogP contribution >= 0.6 is 0 Å². The molecule has 0 radical (unpaired) electrons. The van der Waals surface area contributed by atoms with Gasteiger partial charge in [0.05, 0.1) is 21.4 Å². The maximum absolute atomic E-state index is 12.6. The monoisotopic (exact) mass is 317 g/mol. The van der Waals surface area contributed by atoms with Crippen molar-refractivity contribution in [2.45, 2.75) is 31.3 Å². The normalized spacial score (nSPS) is 12.7. The second-order valence-electron chi connectivity index (χ2n) is 5.85. The predicted octanol–water partition coefficient (Wildman–Crippen LogP) is 3.44. The molecule has 4 nitrogen and oxygen atoms in total. The Morgan fingerprint density at radius 2 is 1.77 bits per heavy atom. The number of ether oxygens (including phenoxy) is 1. The van der Waals surface area contributed by atoms with Crippen molar-refractivity contribution in [1.82, 2.24) is 4.98 Å². The first kappa shape index (κ1) is 16.4. The van der Waals surface area contributed by atoms with Crippen LogP contribution < -0.4 is 0 Å². The number of pyridine rings is 1. The molecule has 0 bridgehead atoms. The lowest BCUT2D eigenvalue weighted by Gasteiger charge is -2.21. The zero-order chi connectivity index (χ0) is 16.3. The molecule has 116 valence electrons. The summed E-state index contributed by atoms with van der Waals surface area (Å²) in [5, 5.41) is 0. The molecule has 1 aromatic heterocycles. The number of nitrogens with zero attached hydrogens (tertiary/aromatic N) is 1. The molecule has 0 spiro atoms. The Morgan fingerprint density at radius 1 is 1.14 bits per heavy atom. The lowest BCUT2D eigenvalue weighted by atomic mass is 10.1. The molecule has 1 heterocycles. The minimum atomic E-state index is -1.31. The van der Waals surface area contributed by atoms with Crippen LogP contribution in [0.1, 0.15) is 31.1 Å². The van der Waals surface area contributed by atoms with E-state index in [0.29, 0.717) is 10.6 Å². The fourth-order valence-electron chi connectivity index (χ4n) is 2.02. The molecule has 22 heavy (non-hydrogen) atoms. The Labute approximate surface area is 133 Å². The molecular weight excluding hydrogens is 298 g/mol. The zero-order valence-electron chi connectivity index (χ0n) is 13.1. The van der Waals surface area contributed by atoms with E-state index >= 15 is 0 Å². The van der Waals surface area contributed by atoms with Crippen LogP contribution in [-0.4, -0.2) is 27.0 Å². The van der Waals surface area contributed by atoms with Gasteiger partial charge in [-0.05, 0) is 26.8 Å². The van der Waals surface area contributed by atoms with Crippen LogP contribution in [0.15, 0.2) is 47.5 Å². The number of esters is 1. The van der Waals surface area contributed by atoms with Crippen LogP contribution in [-0.2, 0) is 15.5 Å². The number of aromatic nitrogens is 1. The lowest BCUT2D eigenvalue weighted by molar-refractivity contribution is 0.00659. The Kier molecular flexibility index (Phi) is 4.76. The highest BCUT2D eigenvalue weighted by atomic mass is 32.2. The Bertz CT molecular complexity index is 706. The molecule has 1 atom stereocenters. The van der Waals surface area contributed by atoms with E-state index < -0.39 is 22.4 Å². The van der Waals surface area contributed by atoms with E-state index in [1.54, 1.807) is 33.0 Å². The molecule has 0 aliphatic heterocycles. The molecule has 0 fully saturated rings. The number of hydrogen-bond donors (Lipinski definition) is 0. The van der Waals surface area contributed by atoms with E-state index in [1.807, 2.05) is 30.3 Å². The fourth-order valence-corrected chi connectivity index (χ4v) is 2.74.